The van der Waals surface area contributed by atoms with Crippen LogP contribution in [0.25, 0.3) is 0 Å². The predicted molar refractivity (Wildman–Crippen MR) is 109 cm³/mol. The highest BCUT2D eigenvalue weighted by atomic mass is 127. The first-order valence-corrected chi connectivity index (χ1v) is 8.56. The van der Waals surface area contributed by atoms with Gasteiger partial charge in [0.05, 0.1) is 13.2 Å². The van der Waals surface area contributed by atoms with E-state index in [0.717, 1.165) is 31.7 Å². The van der Waals surface area contributed by atoms with Gasteiger partial charge >= 0.3 is 0 Å². The highest BCUT2D eigenvalue weighted by Gasteiger charge is 2.14. The third kappa shape index (κ3) is 8.19. The number of nitrogens with one attached hydrogen (secondary N) is 1. The Kier molecular flexibility index (Phi) is 10.8. The maximum Gasteiger partial charge on any atom is 0.188 e. The fraction of sp³-hybridized carbons (Fsp3) is 0.611. The van der Waals surface area contributed by atoms with E-state index in [-0.39, 0.29) is 24.0 Å². The Labute approximate surface area is 162 Å². The summed E-state index contributed by atoms with van der Waals surface area (Å²) in [6.07, 6.45) is 7.39. The van der Waals surface area contributed by atoms with Gasteiger partial charge in [0.1, 0.15) is 5.75 Å². The monoisotopic (exact) mass is 447 g/mol. The quantitative estimate of drug-likeness (QED) is 0.264. The summed E-state index contributed by atoms with van der Waals surface area (Å²) >= 11 is 0. The normalized spacial score (nSPS) is 15.1. The van der Waals surface area contributed by atoms with Crippen molar-refractivity contribution in [1.82, 2.24) is 5.32 Å². The van der Waals surface area contributed by atoms with E-state index in [9.17, 15) is 0 Å². The van der Waals surface area contributed by atoms with Gasteiger partial charge in [0.2, 0.25) is 0 Å². The molecule has 0 bridgehead atoms. The highest BCUT2D eigenvalue weighted by Crippen LogP contribution is 2.20. The number of ether oxygens (including phenoxy) is 2. The lowest BCUT2D eigenvalue weighted by molar-refractivity contribution is 0.0579. The number of halogens is 1. The van der Waals surface area contributed by atoms with Gasteiger partial charge < -0.3 is 20.5 Å². The van der Waals surface area contributed by atoms with Crippen molar-refractivity contribution in [3.05, 3.63) is 29.8 Å². The van der Waals surface area contributed by atoms with E-state index in [2.05, 4.69) is 22.4 Å². The fourth-order valence-electron chi connectivity index (χ4n) is 2.75. The van der Waals surface area contributed by atoms with Crippen LogP contribution < -0.4 is 15.8 Å². The lowest BCUT2D eigenvalue weighted by Gasteiger charge is -2.10. The molecule has 136 valence electrons. The van der Waals surface area contributed by atoms with Gasteiger partial charge in [0, 0.05) is 19.7 Å². The zero-order valence-electron chi connectivity index (χ0n) is 14.5. The summed E-state index contributed by atoms with van der Waals surface area (Å²) in [4.78, 5) is 4.33. The Morgan fingerprint density at radius 3 is 2.62 bits per heavy atom. The molecule has 0 heterocycles. The number of rotatable bonds is 9. The number of hydrogen-bond donors (Lipinski definition) is 2. The van der Waals surface area contributed by atoms with E-state index in [1.807, 2.05) is 12.1 Å². The van der Waals surface area contributed by atoms with Gasteiger partial charge in [-0.25, -0.2) is 0 Å². The molecule has 6 heteroatoms. The Balaban J connectivity index is 0.00000288. The molecule has 1 fully saturated rings. The molecule has 1 aromatic rings. The van der Waals surface area contributed by atoms with Crippen molar-refractivity contribution in [3.8, 4) is 5.75 Å². The minimum atomic E-state index is 0. The smallest absolute Gasteiger partial charge is 0.188 e. The molecule has 0 aliphatic heterocycles. The van der Waals surface area contributed by atoms with E-state index >= 15 is 0 Å². The van der Waals surface area contributed by atoms with E-state index in [4.69, 9.17) is 15.2 Å². The third-order valence-electron chi connectivity index (χ3n) is 4.12. The van der Waals surface area contributed by atoms with E-state index in [1.54, 1.807) is 7.11 Å². The van der Waals surface area contributed by atoms with Crippen molar-refractivity contribution in [2.45, 2.75) is 44.6 Å². The summed E-state index contributed by atoms with van der Waals surface area (Å²) in [5.41, 5.74) is 7.11. The zero-order chi connectivity index (χ0) is 16.3. The first-order chi connectivity index (χ1) is 11.3. The van der Waals surface area contributed by atoms with Gasteiger partial charge in [-0.15, -0.1) is 24.0 Å². The van der Waals surface area contributed by atoms with E-state index in [1.165, 1.54) is 31.2 Å². The van der Waals surface area contributed by atoms with Crippen molar-refractivity contribution in [1.29, 1.82) is 0 Å². The minimum absolute atomic E-state index is 0. The summed E-state index contributed by atoms with van der Waals surface area (Å²) in [5, 5.41) is 3.15. The number of guanidine groups is 1. The van der Waals surface area contributed by atoms with Crippen LogP contribution in [0.5, 0.6) is 5.75 Å². The first kappa shape index (κ1) is 21.0. The van der Waals surface area contributed by atoms with Crippen LogP contribution in [0.1, 0.15) is 37.7 Å². The van der Waals surface area contributed by atoms with Gasteiger partial charge in [0.15, 0.2) is 5.96 Å². The Morgan fingerprint density at radius 1 is 1.25 bits per heavy atom. The van der Waals surface area contributed by atoms with Crippen LogP contribution in [-0.2, 0) is 11.2 Å². The van der Waals surface area contributed by atoms with E-state index in [0.29, 0.717) is 18.6 Å². The molecule has 0 spiro atoms. The molecule has 1 aromatic carbocycles. The molecule has 3 N–H and O–H groups in total. The van der Waals surface area contributed by atoms with Crippen molar-refractivity contribution in [2.24, 2.45) is 10.7 Å². The van der Waals surface area contributed by atoms with Gasteiger partial charge in [-0.05, 0) is 43.4 Å². The third-order valence-corrected chi connectivity index (χ3v) is 4.12. The molecule has 0 aromatic heterocycles. The molecule has 0 unspecified atom stereocenters. The molecular weight excluding hydrogens is 417 g/mol. The number of hydrogen-bond acceptors (Lipinski definition) is 3. The summed E-state index contributed by atoms with van der Waals surface area (Å²) in [7, 11) is 1.67. The average molecular weight is 447 g/mol. The van der Waals surface area contributed by atoms with Crippen LogP contribution >= 0.6 is 24.0 Å². The predicted octanol–water partition coefficient (Wildman–Crippen LogP) is 3.11. The lowest BCUT2D eigenvalue weighted by atomic mass is 10.1. The van der Waals surface area contributed by atoms with Crippen molar-refractivity contribution in [2.75, 3.05) is 26.8 Å². The second-order valence-electron chi connectivity index (χ2n) is 5.92. The molecular formula is C18H30IN3O2. The second-order valence-corrected chi connectivity index (χ2v) is 5.92. The topological polar surface area (TPSA) is 68.9 Å². The standard InChI is InChI=1S/C18H29N3O2.HI/c1-22-16-9-7-15(8-10-16)11-13-21-18(19)20-12-4-14-23-17-5-2-3-6-17;/h7-10,17H,2-6,11-14H2,1H3,(H3,19,20,21);1H. The molecule has 0 saturated heterocycles. The molecule has 1 aliphatic rings. The molecule has 0 amide bonds. The summed E-state index contributed by atoms with van der Waals surface area (Å²) < 4.78 is 10.9. The van der Waals surface area contributed by atoms with Crippen LogP contribution in [0, 0.1) is 0 Å². The van der Waals surface area contributed by atoms with Crippen molar-refractivity contribution >= 4 is 29.9 Å². The SMILES string of the molecule is COc1ccc(CCNC(N)=NCCCOC2CCCC2)cc1.I. The van der Waals surface area contributed by atoms with Crippen molar-refractivity contribution < 1.29 is 9.47 Å². The number of nitrogens with zero attached hydrogens (tertiary/aromatic N) is 1. The van der Waals surface area contributed by atoms with Gasteiger partial charge in [0.25, 0.3) is 0 Å². The lowest BCUT2D eigenvalue weighted by Crippen LogP contribution is -2.33. The molecule has 5 nitrogen and oxygen atoms in total. The maximum atomic E-state index is 5.87. The van der Waals surface area contributed by atoms with Crippen LogP contribution in [0.4, 0.5) is 0 Å². The molecule has 1 aliphatic carbocycles. The number of nitrogens with two attached hydrogens (primary N) is 1. The van der Waals surface area contributed by atoms with E-state index < -0.39 is 0 Å². The van der Waals surface area contributed by atoms with Crippen LogP contribution in [0.2, 0.25) is 0 Å². The van der Waals surface area contributed by atoms with Crippen LogP contribution in [-0.4, -0.2) is 38.9 Å². The van der Waals surface area contributed by atoms with Crippen LogP contribution in [0.3, 0.4) is 0 Å². The Hall–Kier alpha value is -1.02. The summed E-state index contributed by atoms with van der Waals surface area (Å²) in [5.74, 6) is 1.39. The molecule has 2 rings (SSSR count). The summed E-state index contributed by atoms with van der Waals surface area (Å²) in [6, 6.07) is 8.07. The largest absolute Gasteiger partial charge is 0.497 e. The average Bonchev–Trinajstić information content (AvgIpc) is 3.08. The zero-order valence-corrected chi connectivity index (χ0v) is 16.8. The van der Waals surface area contributed by atoms with Crippen molar-refractivity contribution in [3.63, 3.8) is 0 Å². The van der Waals surface area contributed by atoms with Crippen LogP contribution in [0.15, 0.2) is 29.3 Å². The molecule has 0 atom stereocenters. The molecule has 24 heavy (non-hydrogen) atoms. The number of aliphatic imine (C=N–C) groups is 1. The fourth-order valence-corrected chi connectivity index (χ4v) is 2.75. The van der Waals surface area contributed by atoms with Gasteiger partial charge in [-0.2, -0.15) is 0 Å². The number of benzene rings is 1. The Bertz CT molecular complexity index is 474. The molecule has 1 saturated carbocycles. The highest BCUT2D eigenvalue weighted by molar-refractivity contribution is 14.0. The van der Waals surface area contributed by atoms with Gasteiger partial charge in [-0.3, -0.25) is 4.99 Å². The van der Waals surface area contributed by atoms with Gasteiger partial charge in [-0.1, -0.05) is 25.0 Å². The Morgan fingerprint density at radius 2 is 1.96 bits per heavy atom. The summed E-state index contributed by atoms with van der Waals surface area (Å²) in [6.45, 7) is 2.28. The molecule has 0 radical (unpaired) electrons. The first-order valence-electron chi connectivity index (χ1n) is 8.56. The maximum absolute atomic E-state index is 5.87. The minimum Gasteiger partial charge on any atom is -0.497 e. The second kappa shape index (κ2) is 12.4. The number of methoxy groups -OCH3 is 1.